The predicted molar refractivity (Wildman–Crippen MR) is 145 cm³/mol. The Bertz CT molecular complexity index is 1460. The number of nitrogens with one attached hydrogen (secondary N) is 1. The summed E-state index contributed by atoms with van der Waals surface area (Å²) in [5.41, 5.74) is 15.1. The number of ether oxygens (including phenoxy) is 1. The van der Waals surface area contributed by atoms with Crippen LogP contribution in [0.2, 0.25) is 0 Å². The molecule has 2 unspecified atom stereocenters. The molecule has 5 nitrogen and oxygen atoms in total. The van der Waals surface area contributed by atoms with E-state index in [1.54, 1.807) is 6.08 Å². The molecule has 5 heteroatoms. The number of hydrogen-bond donors (Lipinski definition) is 2. The van der Waals surface area contributed by atoms with Crippen molar-refractivity contribution in [1.29, 1.82) is 0 Å². The summed E-state index contributed by atoms with van der Waals surface area (Å²) < 4.78 is 6.25. The second kappa shape index (κ2) is 8.91. The van der Waals surface area contributed by atoms with Crippen molar-refractivity contribution < 1.29 is 14.3 Å². The first-order valence-corrected chi connectivity index (χ1v) is 13.2. The van der Waals surface area contributed by atoms with E-state index in [1.165, 1.54) is 40.3 Å². The smallest absolute Gasteiger partial charge is 0.303 e. The molecule has 6 rings (SSSR count). The molecule has 3 N–H and O–H groups in total. The summed E-state index contributed by atoms with van der Waals surface area (Å²) in [5.74, 6) is -0.795. The van der Waals surface area contributed by atoms with Gasteiger partial charge in [0.05, 0.1) is 11.7 Å². The minimum absolute atomic E-state index is 0.0831. The zero-order valence-corrected chi connectivity index (χ0v) is 21.3. The maximum absolute atomic E-state index is 13.0. The molecule has 3 aromatic carbocycles. The first-order chi connectivity index (χ1) is 17.9. The zero-order valence-electron chi connectivity index (χ0n) is 21.3. The van der Waals surface area contributed by atoms with E-state index >= 15 is 0 Å². The Morgan fingerprint density at radius 3 is 2.57 bits per heavy atom. The molecular weight excluding hydrogens is 460 g/mol. The highest BCUT2D eigenvalue weighted by atomic mass is 16.6. The quantitative estimate of drug-likeness (QED) is 0.482. The highest BCUT2D eigenvalue weighted by molar-refractivity contribution is 5.98. The van der Waals surface area contributed by atoms with Gasteiger partial charge in [-0.05, 0) is 89.6 Å². The van der Waals surface area contributed by atoms with Gasteiger partial charge in [-0.2, -0.15) is 0 Å². The summed E-state index contributed by atoms with van der Waals surface area (Å²) in [5, 5.41) is 3.12. The number of carbonyl (C=O) groups excluding carboxylic acids is 2. The van der Waals surface area contributed by atoms with Gasteiger partial charge in [0.25, 0.3) is 5.91 Å². The Morgan fingerprint density at radius 1 is 0.946 bits per heavy atom. The third-order valence-corrected chi connectivity index (χ3v) is 8.50. The summed E-state index contributed by atoms with van der Waals surface area (Å²) in [4.78, 5) is 25.6. The van der Waals surface area contributed by atoms with Gasteiger partial charge in [-0.3, -0.25) is 9.59 Å². The Kier molecular flexibility index (Phi) is 5.67. The van der Waals surface area contributed by atoms with Crippen molar-refractivity contribution >= 4 is 18.0 Å². The fourth-order valence-electron chi connectivity index (χ4n) is 6.89. The van der Waals surface area contributed by atoms with Crippen LogP contribution in [-0.2, 0) is 33.6 Å². The Hall–Kier alpha value is -3.86. The van der Waals surface area contributed by atoms with Gasteiger partial charge in [-0.15, -0.1) is 0 Å². The van der Waals surface area contributed by atoms with Gasteiger partial charge in [0.1, 0.15) is 5.60 Å². The van der Waals surface area contributed by atoms with Crippen LogP contribution in [0.5, 0.6) is 0 Å². The van der Waals surface area contributed by atoms with Gasteiger partial charge in [-0.25, -0.2) is 0 Å². The fraction of sp³-hybridized carbons (Fsp3) is 0.312. The topological polar surface area (TPSA) is 81.4 Å². The standard InChI is InChI=1S/C32H32N2O3/c1-19(35)37-32(2,30-23-11-6-4-9-21(23)18-29(33)31(36)34-30)28-13-7-12-24-26-15-14-20-8-3-5-10-22(20)25(26)16-17-27(24)28/h3-6,8-11,16-18,28,30H,7,12-15,33H2,1-2H3,(H,34,36)/t28-,30?,32?/m0/s1. The predicted octanol–water partition coefficient (Wildman–Crippen LogP) is 5.36. The lowest BCUT2D eigenvalue weighted by Crippen LogP contribution is -2.51. The first-order valence-electron chi connectivity index (χ1n) is 13.2. The molecule has 2 aliphatic carbocycles. The van der Waals surface area contributed by atoms with E-state index in [0.717, 1.165) is 43.2 Å². The second-order valence-corrected chi connectivity index (χ2v) is 10.7. The van der Waals surface area contributed by atoms with Crippen LogP contribution in [0, 0.1) is 0 Å². The number of hydrogen-bond acceptors (Lipinski definition) is 4. The summed E-state index contributed by atoms with van der Waals surface area (Å²) in [6, 6.07) is 20.4. The number of benzene rings is 3. The lowest BCUT2D eigenvalue weighted by molar-refractivity contribution is -0.163. The molecule has 3 aliphatic rings. The molecular formula is C32H32N2O3. The molecule has 37 heavy (non-hydrogen) atoms. The zero-order chi connectivity index (χ0) is 25.7. The molecule has 1 amide bonds. The number of carbonyl (C=O) groups is 2. The number of fused-ring (bicyclic) bond motifs is 6. The SMILES string of the molecule is CC(=O)OC(C)(C1NC(=O)C(N)=Cc2ccccc21)[C@H]1CCCc2c1ccc1c2CCc2ccccc2-1. The number of esters is 1. The van der Waals surface area contributed by atoms with Crippen LogP contribution in [-0.4, -0.2) is 17.5 Å². The Labute approximate surface area is 217 Å². The highest BCUT2D eigenvalue weighted by Crippen LogP contribution is 2.50. The second-order valence-electron chi connectivity index (χ2n) is 10.7. The average Bonchev–Trinajstić information content (AvgIpc) is 3.03. The molecule has 0 bridgehead atoms. The minimum atomic E-state index is -1.01. The van der Waals surface area contributed by atoms with Gasteiger partial charge in [-0.1, -0.05) is 60.7 Å². The molecule has 0 aromatic heterocycles. The molecule has 188 valence electrons. The lowest BCUT2D eigenvalue weighted by atomic mass is 9.67. The summed E-state index contributed by atoms with van der Waals surface area (Å²) in [6.07, 6.45) is 6.62. The van der Waals surface area contributed by atoms with Gasteiger partial charge < -0.3 is 15.8 Å². The molecule has 1 aliphatic heterocycles. The molecule has 3 aromatic rings. The molecule has 0 saturated carbocycles. The van der Waals surface area contributed by atoms with Gasteiger partial charge in [0.15, 0.2) is 0 Å². The van der Waals surface area contributed by atoms with Crippen molar-refractivity contribution in [3.8, 4) is 11.1 Å². The van der Waals surface area contributed by atoms with Gasteiger partial charge in [0.2, 0.25) is 0 Å². The van der Waals surface area contributed by atoms with E-state index in [-0.39, 0.29) is 23.5 Å². The number of nitrogens with two attached hydrogens (primary N) is 1. The van der Waals surface area contributed by atoms with Crippen molar-refractivity contribution in [2.24, 2.45) is 5.73 Å². The number of amides is 1. The molecule has 0 radical (unpaired) electrons. The van der Waals surface area contributed by atoms with E-state index in [2.05, 4.69) is 41.7 Å². The fourth-order valence-corrected chi connectivity index (χ4v) is 6.89. The van der Waals surface area contributed by atoms with E-state index < -0.39 is 11.6 Å². The van der Waals surface area contributed by atoms with E-state index in [0.29, 0.717) is 0 Å². The Balaban J connectivity index is 1.51. The number of rotatable bonds is 3. The van der Waals surface area contributed by atoms with E-state index in [1.807, 2.05) is 31.2 Å². The largest absolute Gasteiger partial charge is 0.456 e. The van der Waals surface area contributed by atoms with Crippen molar-refractivity contribution in [2.75, 3.05) is 0 Å². The molecule has 0 saturated heterocycles. The third-order valence-electron chi connectivity index (χ3n) is 8.50. The third kappa shape index (κ3) is 3.85. The van der Waals surface area contributed by atoms with Crippen molar-refractivity contribution in [1.82, 2.24) is 5.32 Å². The van der Waals surface area contributed by atoms with Gasteiger partial charge in [0, 0.05) is 12.8 Å². The normalized spacial score (nSPS) is 21.6. The minimum Gasteiger partial charge on any atom is -0.456 e. The van der Waals surface area contributed by atoms with Crippen molar-refractivity contribution in [2.45, 2.75) is 63.5 Å². The number of aryl methyl sites for hydroxylation is 1. The van der Waals surface area contributed by atoms with Crippen LogP contribution >= 0.6 is 0 Å². The summed E-state index contributed by atoms with van der Waals surface area (Å²) in [6.45, 7) is 3.43. The molecule has 3 atom stereocenters. The summed E-state index contributed by atoms with van der Waals surface area (Å²) >= 11 is 0. The van der Waals surface area contributed by atoms with Crippen molar-refractivity contribution in [3.05, 3.63) is 99.7 Å². The average molecular weight is 493 g/mol. The molecule has 1 heterocycles. The maximum atomic E-state index is 13.0. The summed E-state index contributed by atoms with van der Waals surface area (Å²) in [7, 11) is 0. The Morgan fingerprint density at radius 2 is 1.73 bits per heavy atom. The van der Waals surface area contributed by atoms with Crippen LogP contribution in [0.15, 0.2) is 66.4 Å². The monoisotopic (exact) mass is 492 g/mol. The highest BCUT2D eigenvalue weighted by Gasteiger charge is 2.49. The lowest BCUT2D eigenvalue weighted by Gasteiger charge is -2.46. The van der Waals surface area contributed by atoms with Gasteiger partial charge >= 0.3 is 5.97 Å². The molecule has 0 spiro atoms. The van der Waals surface area contributed by atoms with Crippen LogP contribution in [0.25, 0.3) is 17.2 Å². The van der Waals surface area contributed by atoms with E-state index in [4.69, 9.17) is 10.5 Å². The van der Waals surface area contributed by atoms with Crippen LogP contribution in [0.4, 0.5) is 0 Å². The first kappa shape index (κ1) is 23.5. The molecule has 0 fully saturated rings. The maximum Gasteiger partial charge on any atom is 0.303 e. The van der Waals surface area contributed by atoms with Crippen LogP contribution in [0.1, 0.15) is 72.0 Å². The van der Waals surface area contributed by atoms with Crippen molar-refractivity contribution in [3.63, 3.8) is 0 Å². The van der Waals surface area contributed by atoms with Crippen LogP contribution in [0.3, 0.4) is 0 Å². The van der Waals surface area contributed by atoms with E-state index in [9.17, 15) is 9.59 Å². The van der Waals surface area contributed by atoms with Crippen LogP contribution < -0.4 is 11.1 Å².